The van der Waals surface area contributed by atoms with Crippen molar-refractivity contribution < 1.29 is 28.2 Å². The normalized spacial score (nSPS) is 14.9. The zero-order chi connectivity index (χ0) is 24.2. The summed E-state index contributed by atoms with van der Waals surface area (Å²) in [7, 11) is 1.45. The molecule has 1 aliphatic heterocycles. The lowest BCUT2D eigenvalue weighted by Gasteiger charge is -2.26. The Hall–Kier alpha value is -4.17. The molecule has 0 radical (unpaired) electrons. The van der Waals surface area contributed by atoms with E-state index in [1.165, 1.54) is 49.6 Å². The minimum absolute atomic E-state index is 0.191. The summed E-state index contributed by atoms with van der Waals surface area (Å²) in [4.78, 5) is 38.6. The highest BCUT2D eigenvalue weighted by Gasteiger charge is 2.36. The predicted molar refractivity (Wildman–Crippen MR) is 124 cm³/mol. The largest absolute Gasteiger partial charge is 0.493 e. The van der Waals surface area contributed by atoms with Crippen molar-refractivity contribution in [3.8, 4) is 11.5 Å². The molecule has 1 saturated heterocycles. The van der Waals surface area contributed by atoms with Crippen LogP contribution in [-0.4, -0.2) is 25.0 Å². The number of amides is 4. The summed E-state index contributed by atoms with van der Waals surface area (Å²) in [5.41, 5.74) is 1.30. The Bertz CT molecular complexity index is 1290. The van der Waals surface area contributed by atoms with Crippen LogP contribution in [0.5, 0.6) is 11.5 Å². The van der Waals surface area contributed by atoms with Crippen LogP contribution in [0, 0.1) is 5.82 Å². The van der Waals surface area contributed by atoms with Crippen LogP contribution in [0.15, 0.2) is 72.3 Å². The third-order valence-electron chi connectivity index (χ3n) is 4.99. The molecule has 1 N–H and O–H groups in total. The number of rotatable bonds is 6. The molecule has 0 aliphatic carbocycles. The quantitative estimate of drug-likeness (QED) is 0.407. The molecule has 3 aromatic rings. The summed E-state index contributed by atoms with van der Waals surface area (Å²) < 4.78 is 24.2. The zero-order valence-electron chi connectivity index (χ0n) is 17.9. The first-order valence-electron chi connectivity index (χ1n) is 10.1. The highest BCUT2D eigenvalue weighted by Crippen LogP contribution is 2.30. The average Bonchev–Trinajstić information content (AvgIpc) is 2.83. The first-order chi connectivity index (χ1) is 16.4. The Labute approximate surface area is 199 Å². The lowest BCUT2D eigenvalue weighted by Crippen LogP contribution is -2.54. The third kappa shape index (κ3) is 4.92. The number of barbiturate groups is 1. The number of carbonyl (C=O) groups is 3. The van der Waals surface area contributed by atoms with Gasteiger partial charge in [0, 0.05) is 5.02 Å². The molecule has 172 valence electrons. The molecule has 4 amide bonds. The summed E-state index contributed by atoms with van der Waals surface area (Å²) in [6, 6.07) is 16.0. The van der Waals surface area contributed by atoms with Gasteiger partial charge < -0.3 is 9.47 Å². The summed E-state index contributed by atoms with van der Waals surface area (Å²) in [6.07, 6.45) is 1.36. The lowest BCUT2D eigenvalue weighted by molar-refractivity contribution is -0.122. The second-order valence-corrected chi connectivity index (χ2v) is 7.70. The number of urea groups is 1. The maximum Gasteiger partial charge on any atom is 0.335 e. The Morgan fingerprint density at radius 1 is 0.971 bits per heavy atom. The standard InChI is InChI=1S/C25H18ClFN2O5/c1-33-22-13-16(4-11-21(22)34-14-15-2-7-18(27)8-3-15)12-20-23(30)28-25(32)29(24(20)31)19-9-5-17(26)6-10-19/h2-13H,14H2,1H3,(H,28,30,32). The Balaban J connectivity index is 1.58. The molecule has 1 fully saturated rings. The summed E-state index contributed by atoms with van der Waals surface area (Å²) in [6.45, 7) is 0.191. The van der Waals surface area contributed by atoms with E-state index in [-0.39, 0.29) is 23.7 Å². The molecule has 0 saturated carbocycles. The van der Waals surface area contributed by atoms with Gasteiger partial charge >= 0.3 is 6.03 Å². The fraction of sp³-hybridized carbons (Fsp3) is 0.0800. The van der Waals surface area contributed by atoms with Crippen LogP contribution in [-0.2, 0) is 16.2 Å². The van der Waals surface area contributed by atoms with E-state index in [0.717, 1.165) is 10.5 Å². The fourth-order valence-electron chi connectivity index (χ4n) is 3.28. The number of methoxy groups -OCH3 is 1. The maximum atomic E-state index is 13.1. The highest BCUT2D eigenvalue weighted by molar-refractivity contribution is 6.39. The maximum absolute atomic E-state index is 13.1. The molecular weight excluding hydrogens is 463 g/mol. The van der Waals surface area contributed by atoms with Gasteiger partial charge in [0.15, 0.2) is 11.5 Å². The minimum atomic E-state index is -0.850. The van der Waals surface area contributed by atoms with Gasteiger partial charge in [0.25, 0.3) is 11.8 Å². The van der Waals surface area contributed by atoms with Crippen LogP contribution in [0.2, 0.25) is 5.02 Å². The van der Waals surface area contributed by atoms with E-state index in [2.05, 4.69) is 5.32 Å². The number of benzene rings is 3. The molecule has 7 nitrogen and oxygen atoms in total. The number of nitrogens with one attached hydrogen (secondary N) is 1. The van der Waals surface area contributed by atoms with Gasteiger partial charge in [0.05, 0.1) is 12.8 Å². The first-order valence-corrected chi connectivity index (χ1v) is 10.5. The van der Waals surface area contributed by atoms with Crippen LogP contribution < -0.4 is 19.7 Å². The van der Waals surface area contributed by atoms with Crippen molar-refractivity contribution in [2.75, 3.05) is 12.0 Å². The van der Waals surface area contributed by atoms with Gasteiger partial charge in [-0.05, 0) is 65.7 Å². The molecule has 34 heavy (non-hydrogen) atoms. The fourth-order valence-corrected chi connectivity index (χ4v) is 3.41. The second-order valence-electron chi connectivity index (χ2n) is 7.26. The van der Waals surface area contributed by atoms with E-state index < -0.39 is 17.8 Å². The molecule has 0 aromatic heterocycles. The molecule has 0 bridgehead atoms. The topological polar surface area (TPSA) is 84.9 Å². The first kappa shape index (κ1) is 23.0. The Morgan fingerprint density at radius 2 is 1.68 bits per heavy atom. The summed E-state index contributed by atoms with van der Waals surface area (Å²) >= 11 is 5.88. The number of imide groups is 2. The van der Waals surface area contributed by atoms with Crippen molar-refractivity contribution in [2.45, 2.75) is 6.61 Å². The van der Waals surface area contributed by atoms with Crippen LogP contribution in [0.1, 0.15) is 11.1 Å². The molecule has 4 rings (SSSR count). The van der Waals surface area contributed by atoms with Crippen molar-refractivity contribution in [2.24, 2.45) is 0 Å². The lowest BCUT2D eigenvalue weighted by atomic mass is 10.1. The highest BCUT2D eigenvalue weighted by atomic mass is 35.5. The number of anilines is 1. The molecule has 0 unspecified atom stereocenters. The van der Waals surface area contributed by atoms with E-state index >= 15 is 0 Å². The van der Waals surface area contributed by atoms with Gasteiger partial charge in [-0.25, -0.2) is 14.1 Å². The van der Waals surface area contributed by atoms with E-state index in [9.17, 15) is 18.8 Å². The van der Waals surface area contributed by atoms with Crippen molar-refractivity contribution >= 4 is 41.2 Å². The molecule has 1 aliphatic rings. The number of nitrogens with zero attached hydrogens (tertiary/aromatic N) is 1. The van der Waals surface area contributed by atoms with Crippen LogP contribution >= 0.6 is 11.6 Å². The van der Waals surface area contributed by atoms with Crippen molar-refractivity contribution in [1.29, 1.82) is 0 Å². The van der Waals surface area contributed by atoms with Crippen molar-refractivity contribution in [3.05, 3.63) is 94.3 Å². The second kappa shape index (κ2) is 9.76. The van der Waals surface area contributed by atoms with Gasteiger partial charge in [-0.2, -0.15) is 0 Å². The van der Waals surface area contributed by atoms with Gasteiger partial charge in [0.2, 0.25) is 0 Å². The van der Waals surface area contributed by atoms with Crippen molar-refractivity contribution in [1.82, 2.24) is 5.32 Å². The van der Waals surface area contributed by atoms with Crippen molar-refractivity contribution in [3.63, 3.8) is 0 Å². The van der Waals surface area contributed by atoms with Crippen LogP contribution in [0.4, 0.5) is 14.9 Å². The van der Waals surface area contributed by atoms with Gasteiger partial charge in [-0.3, -0.25) is 14.9 Å². The molecule has 9 heteroatoms. The van der Waals surface area contributed by atoms with Gasteiger partial charge in [0.1, 0.15) is 18.0 Å². The zero-order valence-corrected chi connectivity index (χ0v) is 18.6. The monoisotopic (exact) mass is 480 g/mol. The van der Waals surface area contributed by atoms with Crippen LogP contribution in [0.25, 0.3) is 6.08 Å². The summed E-state index contributed by atoms with van der Waals surface area (Å²) in [5, 5.41) is 2.61. The smallest absolute Gasteiger partial charge is 0.335 e. The predicted octanol–water partition coefficient (Wildman–Crippen LogP) is 4.73. The molecule has 3 aromatic carbocycles. The number of hydrogen-bond acceptors (Lipinski definition) is 5. The van der Waals surface area contributed by atoms with E-state index in [0.29, 0.717) is 22.1 Å². The number of halogens is 2. The van der Waals surface area contributed by atoms with Gasteiger partial charge in [-0.1, -0.05) is 29.8 Å². The van der Waals surface area contributed by atoms with E-state index in [4.69, 9.17) is 21.1 Å². The molecule has 0 atom stereocenters. The number of carbonyl (C=O) groups excluding carboxylic acids is 3. The van der Waals surface area contributed by atoms with E-state index in [1.807, 2.05) is 0 Å². The molecular formula is C25H18ClFN2O5. The van der Waals surface area contributed by atoms with Crippen LogP contribution in [0.3, 0.4) is 0 Å². The Kier molecular flexibility index (Phi) is 6.60. The SMILES string of the molecule is COc1cc(C=C2C(=O)NC(=O)N(c3ccc(Cl)cc3)C2=O)ccc1OCc1ccc(F)cc1. The number of ether oxygens (including phenoxy) is 2. The third-order valence-corrected chi connectivity index (χ3v) is 5.24. The average molecular weight is 481 g/mol. The molecule has 1 heterocycles. The summed E-state index contributed by atoms with van der Waals surface area (Å²) in [5.74, 6) is -1.13. The van der Waals surface area contributed by atoms with E-state index in [1.54, 1.807) is 30.3 Å². The van der Waals surface area contributed by atoms with Gasteiger partial charge in [-0.15, -0.1) is 0 Å². The molecule has 0 spiro atoms. The Morgan fingerprint density at radius 3 is 2.35 bits per heavy atom. The number of hydrogen-bond donors (Lipinski definition) is 1. The minimum Gasteiger partial charge on any atom is -0.493 e.